The van der Waals surface area contributed by atoms with Crippen molar-refractivity contribution in [3.05, 3.63) is 101 Å². The Bertz CT molecular complexity index is 997. The van der Waals surface area contributed by atoms with E-state index in [1.807, 2.05) is 13.8 Å². The lowest BCUT2D eigenvalue weighted by Crippen LogP contribution is -2.01. The minimum atomic E-state index is -0.927. The third-order valence-electron chi connectivity index (χ3n) is 7.04. The SMILES string of the molecule is CC.CCCCCCc1ccccc1C.CCCCCCc1ccccc1C.COCCCCOc1cccc(F)c1F. The lowest BCUT2D eigenvalue weighted by Gasteiger charge is -2.06. The van der Waals surface area contributed by atoms with E-state index < -0.39 is 11.6 Å². The van der Waals surface area contributed by atoms with Gasteiger partial charge in [0, 0.05) is 13.7 Å². The Labute approximate surface area is 263 Å². The number of hydrogen-bond acceptors (Lipinski definition) is 2. The predicted octanol–water partition coefficient (Wildman–Crippen LogP) is 12.0. The van der Waals surface area contributed by atoms with Crippen molar-refractivity contribution in [1.29, 1.82) is 0 Å². The first kappa shape index (κ1) is 40.3. The van der Waals surface area contributed by atoms with Crippen LogP contribution >= 0.6 is 0 Å². The molecule has 0 amide bonds. The van der Waals surface area contributed by atoms with Crippen LogP contribution in [0.3, 0.4) is 0 Å². The van der Waals surface area contributed by atoms with Crippen LogP contribution < -0.4 is 4.74 Å². The van der Waals surface area contributed by atoms with Gasteiger partial charge in [-0.2, -0.15) is 4.39 Å². The Balaban J connectivity index is 0.000000599. The van der Waals surface area contributed by atoms with E-state index >= 15 is 0 Å². The molecule has 3 rings (SSSR count). The summed E-state index contributed by atoms with van der Waals surface area (Å²) in [4.78, 5) is 0. The van der Waals surface area contributed by atoms with Gasteiger partial charge in [0.05, 0.1) is 6.61 Å². The highest BCUT2D eigenvalue weighted by Crippen LogP contribution is 2.19. The second-order valence-electron chi connectivity index (χ2n) is 10.6. The molecule has 3 aromatic carbocycles. The Morgan fingerprint density at radius 1 is 0.558 bits per heavy atom. The van der Waals surface area contributed by atoms with Gasteiger partial charge < -0.3 is 9.47 Å². The largest absolute Gasteiger partial charge is 0.490 e. The first-order valence-electron chi connectivity index (χ1n) is 16.6. The molecule has 0 atom stereocenters. The van der Waals surface area contributed by atoms with Crippen LogP contribution in [-0.4, -0.2) is 20.3 Å². The normalized spacial score (nSPS) is 9.98. The number of halogens is 2. The van der Waals surface area contributed by atoms with Crippen molar-refractivity contribution in [1.82, 2.24) is 0 Å². The Morgan fingerprint density at radius 2 is 1.05 bits per heavy atom. The van der Waals surface area contributed by atoms with Gasteiger partial charge in [0.25, 0.3) is 0 Å². The summed E-state index contributed by atoms with van der Waals surface area (Å²) in [5, 5.41) is 0. The van der Waals surface area contributed by atoms with Gasteiger partial charge in [-0.1, -0.05) is 121 Å². The Kier molecular flexibility index (Phi) is 26.3. The van der Waals surface area contributed by atoms with Gasteiger partial charge in [0.2, 0.25) is 5.82 Å². The lowest BCUT2D eigenvalue weighted by atomic mass is 10.0. The van der Waals surface area contributed by atoms with Crippen LogP contribution in [0.1, 0.15) is 114 Å². The molecule has 43 heavy (non-hydrogen) atoms. The highest BCUT2D eigenvalue weighted by molar-refractivity contribution is 5.26. The fourth-order valence-corrected chi connectivity index (χ4v) is 4.39. The van der Waals surface area contributed by atoms with E-state index in [2.05, 4.69) is 76.2 Å². The van der Waals surface area contributed by atoms with E-state index in [0.29, 0.717) is 13.2 Å². The zero-order valence-corrected chi connectivity index (χ0v) is 28.3. The molecule has 0 heterocycles. The van der Waals surface area contributed by atoms with Crippen LogP contribution in [0.2, 0.25) is 0 Å². The standard InChI is InChI=1S/2C13H20.C11H14F2O2.C2H6/c2*1-3-4-5-6-10-13-11-8-7-9-12(13)2;1-14-7-2-3-8-15-10-6-4-5-9(12)11(10)13;1-2/h2*7-9,11H,3-6,10H2,1-2H3;4-6H,2-3,7-8H2,1H3;1-2H3. The Hall–Kier alpha value is -2.72. The van der Waals surface area contributed by atoms with E-state index in [9.17, 15) is 8.78 Å². The molecule has 0 bridgehead atoms. The van der Waals surface area contributed by atoms with Crippen LogP contribution in [0.15, 0.2) is 66.7 Å². The number of benzene rings is 3. The molecular formula is C39H60F2O2. The molecule has 3 aromatic rings. The first-order valence-corrected chi connectivity index (χ1v) is 16.6. The van der Waals surface area contributed by atoms with Gasteiger partial charge in [-0.25, -0.2) is 4.39 Å². The molecule has 0 N–H and O–H groups in total. The van der Waals surface area contributed by atoms with Crippen molar-refractivity contribution < 1.29 is 18.3 Å². The van der Waals surface area contributed by atoms with E-state index in [0.717, 1.165) is 18.9 Å². The molecule has 0 radical (unpaired) electrons. The Morgan fingerprint density at radius 3 is 1.51 bits per heavy atom. The van der Waals surface area contributed by atoms with Gasteiger partial charge >= 0.3 is 0 Å². The minimum absolute atomic E-state index is 0.0348. The van der Waals surface area contributed by atoms with Crippen molar-refractivity contribution in [3.63, 3.8) is 0 Å². The minimum Gasteiger partial charge on any atom is -0.490 e. The second kappa shape index (κ2) is 28.1. The maximum Gasteiger partial charge on any atom is 0.200 e. The molecule has 0 unspecified atom stereocenters. The summed E-state index contributed by atoms with van der Waals surface area (Å²) >= 11 is 0. The third kappa shape index (κ3) is 20.0. The van der Waals surface area contributed by atoms with Gasteiger partial charge in [-0.3, -0.25) is 0 Å². The van der Waals surface area contributed by atoms with Crippen LogP contribution in [0.5, 0.6) is 5.75 Å². The second-order valence-corrected chi connectivity index (χ2v) is 10.6. The predicted molar refractivity (Wildman–Crippen MR) is 182 cm³/mol. The maximum absolute atomic E-state index is 13.1. The van der Waals surface area contributed by atoms with E-state index in [1.165, 1.54) is 98.6 Å². The highest BCUT2D eigenvalue weighted by Gasteiger charge is 2.07. The molecule has 0 aliphatic rings. The number of rotatable bonds is 16. The molecule has 0 aromatic heterocycles. The zero-order valence-electron chi connectivity index (χ0n) is 28.3. The topological polar surface area (TPSA) is 18.5 Å². The summed E-state index contributed by atoms with van der Waals surface area (Å²) in [6.07, 6.45) is 15.0. The molecular weight excluding hydrogens is 538 g/mol. The number of unbranched alkanes of at least 4 members (excludes halogenated alkanes) is 7. The van der Waals surface area contributed by atoms with Crippen LogP contribution in [0, 0.1) is 25.5 Å². The smallest absolute Gasteiger partial charge is 0.200 e. The molecule has 0 saturated carbocycles. The number of methoxy groups -OCH3 is 1. The summed E-state index contributed by atoms with van der Waals surface area (Å²) in [6.45, 7) is 13.9. The summed E-state index contributed by atoms with van der Waals surface area (Å²) in [6, 6.07) is 21.3. The summed E-state index contributed by atoms with van der Waals surface area (Å²) in [7, 11) is 1.62. The van der Waals surface area contributed by atoms with Crippen LogP contribution in [0.4, 0.5) is 8.78 Å². The average Bonchev–Trinajstić information content (AvgIpc) is 3.03. The lowest BCUT2D eigenvalue weighted by molar-refractivity contribution is 0.183. The van der Waals surface area contributed by atoms with Crippen LogP contribution in [0.25, 0.3) is 0 Å². The van der Waals surface area contributed by atoms with Crippen molar-refractivity contribution in [2.24, 2.45) is 0 Å². The van der Waals surface area contributed by atoms with Gasteiger partial charge in [-0.05, 0) is 86.8 Å². The summed E-state index contributed by atoms with van der Waals surface area (Å²) in [5.74, 6) is -1.85. The fourth-order valence-electron chi connectivity index (χ4n) is 4.39. The highest BCUT2D eigenvalue weighted by atomic mass is 19.2. The van der Waals surface area contributed by atoms with Gasteiger partial charge in [0.1, 0.15) is 0 Å². The van der Waals surface area contributed by atoms with E-state index in [-0.39, 0.29) is 5.75 Å². The van der Waals surface area contributed by atoms with Crippen molar-refractivity contribution in [2.75, 3.05) is 20.3 Å². The monoisotopic (exact) mass is 598 g/mol. The van der Waals surface area contributed by atoms with Crippen molar-refractivity contribution in [3.8, 4) is 5.75 Å². The maximum atomic E-state index is 13.1. The van der Waals surface area contributed by atoms with Crippen molar-refractivity contribution >= 4 is 0 Å². The van der Waals surface area contributed by atoms with E-state index in [1.54, 1.807) is 7.11 Å². The third-order valence-corrected chi connectivity index (χ3v) is 7.04. The summed E-state index contributed by atoms with van der Waals surface area (Å²) in [5.41, 5.74) is 5.94. The summed E-state index contributed by atoms with van der Waals surface area (Å²) < 4.78 is 35.7. The molecule has 0 aliphatic carbocycles. The number of aryl methyl sites for hydroxylation is 4. The molecule has 242 valence electrons. The molecule has 4 heteroatoms. The number of hydrogen-bond donors (Lipinski definition) is 0. The molecule has 0 saturated heterocycles. The van der Waals surface area contributed by atoms with Gasteiger partial charge in [0.15, 0.2) is 11.6 Å². The van der Waals surface area contributed by atoms with Gasteiger partial charge in [-0.15, -0.1) is 0 Å². The molecule has 0 aliphatic heterocycles. The van der Waals surface area contributed by atoms with Crippen molar-refractivity contribution in [2.45, 2.75) is 119 Å². The number of ether oxygens (including phenoxy) is 2. The quantitative estimate of drug-likeness (QED) is 0.153. The average molecular weight is 599 g/mol. The molecule has 0 fully saturated rings. The first-order chi connectivity index (χ1) is 20.9. The zero-order chi connectivity index (χ0) is 32.1. The van der Waals surface area contributed by atoms with E-state index in [4.69, 9.17) is 9.47 Å². The molecule has 0 spiro atoms. The van der Waals surface area contributed by atoms with Crippen LogP contribution in [-0.2, 0) is 17.6 Å². The molecule has 2 nitrogen and oxygen atoms in total. The fraction of sp³-hybridized carbons (Fsp3) is 0.538.